The third-order valence-corrected chi connectivity index (χ3v) is 3.44. The Bertz CT molecular complexity index is 503. The van der Waals surface area contributed by atoms with Crippen molar-refractivity contribution in [1.82, 2.24) is 9.78 Å². The quantitative estimate of drug-likeness (QED) is 0.709. The molecule has 0 atom stereocenters. The highest BCUT2D eigenvalue weighted by molar-refractivity contribution is 5.99. The normalized spacial score (nSPS) is 11.4. The average Bonchev–Trinajstić information content (AvgIpc) is 2.60. The van der Waals surface area contributed by atoms with E-state index in [1.807, 2.05) is 0 Å². The largest absolute Gasteiger partial charge is 0.480 e. The highest BCUT2D eigenvalue weighted by Gasteiger charge is 2.37. The molecule has 1 amide bonds. The molecule has 0 aliphatic carbocycles. The van der Waals surface area contributed by atoms with Crippen LogP contribution in [0.1, 0.15) is 42.7 Å². The van der Waals surface area contributed by atoms with Crippen LogP contribution in [-0.2, 0) is 11.8 Å². The highest BCUT2D eigenvalue weighted by Crippen LogP contribution is 2.26. The van der Waals surface area contributed by atoms with E-state index in [0.717, 1.165) is 0 Å². The molecule has 7 heteroatoms. The first-order chi connectivity index (χ1) is 8.79. The lowest BCUT2D eigenvalue weighted by Crippen LogP contribution is -2.46. The molecule has 1 heterocycles. The number of aryl methyl sites for hydroxylation is 2. The summed E-state index contributed by atoms with van der Waals surface area (Å²) in [6.07, 6.45) is 0.753. The van der Waals surface area contributed by atoms with E-state index in [2.05, 4.69) is 10.4 Å². The van der Waals surface area contributed by atoms with Gasteiger partial charge in [-0.05, 0) is 19.8 Å². The number of carbonyl (C=O) groups excluding carboxylic acids is 1. The maximum Gasteiger partial charge on any atom is 0.329 e. The molecule has 106 valence electrons. The van der Waals surface area contributed by atoms with Crippen molar-refractivity contribution in [3.8, 4) is 0 Å². The minimum Gasteiger partial charge on any atom is -0.480 e. The summed E-state index contributed by atoms with van der Waals surface area (Å²) in [5.74, 6) is -1.25. The minimum absolute atomic E-state index is 0.232. The first-order valence-corrected chi connectivity index (χ1v) is 6.14. The number of carboxylic acids is 1. The van der Waals surface area contributed by atoms with Crippen LogP contribution in [-0.4, -0.2) is 32.3 Å². The summed E-state index contributed by atoms with van der Waals surface area (Å²) < 4.78 is 1.44. The average molecular weight is 268 g/mol. The Morgan fingerprint density at radius 3 is 2.32 bits per heavy atom. The number of aliphatic carboxylic acids is 1. The van der Waals surface area contributed by atoms with Gasteiger partial charge >= 0.3 is 5.97 Å². The number of carboxylic acid groups (broad SMARTS) is 1. The molecule has 0 unspecified atom stereocenters. The number of amides is 1. The van der Waals surface area contributed by atoms with Crippen molar-refractivity contribution in [3.63, 3.8) is 0 Å². The highest BCUT2D eigenvalue weighted by atomic mass is 16.4. The number of hydrogen-bond acceptors (Lipinski definition) is 4. The Kier molecular flexibility index (Phi) is 4.18. The van der Waals surface area contributed by atoms with E-state index in [1.54, 1.807) is 27.8 Å². The van der Waals surface area contributed by atoms with Crippen LogP contribution in [0.4, 0.5) is 5.82 Å². The number of primary amides is 1. The van der Waals surface area contributed by atoms with Gasteiger partial charge < -0.3 is 16.2 Å². The van der Waals surface area contributed by atoms with Gasteiger partial charge in [-0.25, -0.2) is 4.79 Å². The molecule has 1 aromatic rings. The lowest BCUT2D eigenvalue weighted by molar-refractivity contribution is -0.142. The summed E-state index contributed by atoms with van der Waals surface area (Å²) in [5, 5.41) is 16.4. The van der Waals surface area contributed by atoms with E-state index < -0.39 is 17.4 Å². The summed E-state index contributed by atoms with van der Waals surface area (Å²) in [5.41, 5.74) is 4.90. The maximum absolute atomic E-state index is 11.5. The van der Waals surface area contributed by atoms with Crippen molar-refractivity contribution in [2.45, 2.75) is 39.2 Å². The minimum atomic E-state index is -1.13. The third-order valence-electron chi connectivity index (χ3n) is 3.44. The van der Waals surface area contributed by atoms with Gasteiger partial charge in [0.15, 0.2) is 0 Å². The number of rotatable bonds is 6. The monoisotopic (exact) mass is 268 g/mol. The standard InChI is InChI=1S/C12H20N4O3/c1-5-12(6-2,11(18)19)14-10-8(9(13)17)7(3)15-16(10)4/h14H,5-6H2,1-4H3,(H2,13,17)(H,18,19). The zero-order valence-electron chi connectivity index (χ0n) is 11.6. The van der Waals surface area contributed by atoms with Crippen LogP contribution < -0.4 is 11.1 Å². The smallest absolute Gasteiger partial charge is 0.329 e. The van der Waals surface area contributed by atoms with Crippen molar-refractivity contribution >= 4 is 17.7 Å². The van der Waals surface area contributed by atoms with E-state index >= 15 is 0 Å². The first-order valence-electron chi connectivity index (χ1n) is 6.14. The predicted octanol–water partition coefficient (Wildman–Crippen LogP) is 0.883. The zero-order valence-corrected chi connectivity index (χ0v) is 11.6. The summed E-state index contributed by atoms with van der Waals surface area (Å²) in [4.78, 5) is 22.9. The Labute approximate surface area is 111 Å². The van der Waals surface area contributed by atoms with Gasteiger partial charge in [-0.1, -0.05) is 13.8 Å². The molecular weight excluding hydrogens is 248 g/mol. The molecule has 0 saturated carbocycles. The number of aromatic nitrogens is 2. The van der Waals surface area contributed by atoms with Crippen molar-refractivity contribution in [3.05, 3.63) is 11.3 Å². The van der Waals surface area contributed by atoms with Gasteiger partial charge in [0.05, 0.1) is 5.69 Å². The van der Waals surface area contributed by atoms with E-state index in [1.165, 1.54) is 4.68 Å². The Morgan fingerprint density at radius 2 is 1.95 bits per heavy atom. The fourth-order valence-electron chi connectivity index (χ4n) is 2.11. The van der Waals surface area contributed by atoms with Crippen molar-refractivity contribution in [2.24, 2.45) is 12.8 Å². The number of carbonyl (C=O) groups is 2. The van der Waals surface area contributed by atoms with E-state index in [9.17, 15) is 14.7 Å². The van der Waals surface area contributed by atoms with Crippen LogP contribution in [0.25, 0.3) is 0 Å². The molecule has 19 heavy (non-hydrogen) atoms. The number of hydrogen-bond donors (Lipinski definition) is 3. The van der Waals surface area contributed by atoms with Gasteiger partial charge in [0.25, 0.3) is 5.91 Å². The lowest BCUT2D eigenvalue weighted by atomic mass is 9.92. The number of anilines is 1. The molecule has 4 N–H and O–H groups in total. The van der Waals surface area contributed by atoms with Crippen LogP contribution in [0.3, 0.4) is 0 Å². The third kappa shape index (κ3) is 2.54. The molecule has 0 aliphatic heterocycles. The Hall–Kier alpha value is -2.05. The molecular formula is C12H20N4O3. The summed E-state index contributed by atoms with van der Waals surface area (Å²) in [7, 11) is 1.64. The Morgan fingerprint density at radius 1 is 1.42 bits per heavy atom. The van der Waals surface area contributed by atoms with Crippen LogP contribution in [0, 0.1) is 6.92 Å². The zero-order chi connectivity index (χ0) is 14.8. The molecule has 1 aromatic heterocycles. The summed E-state index contributed by atoms with van der Waals surface area (Å²) in [6, 6.07) is 0. The molecule has 0 spiro atoms. The van der Waals surface area contributed by atoms with Gasteiger partial charge in [-0.2, -0.15) is 5.10 Å². The maximum atomic E-state index is 11.5. The fourth-order valence-corrected chi connectivity index (χ4v) is 2.11. The van der Waals surface area contributed by atoms with Gasteiger partial charge in [-0.15, -0.1) is 0 Å². The number of nitrogens with zero attached hydrogens (tertiary/aromatic N) is 2. The lowest BCUT2D eigenvalue weighted by Gasteiger charge is -2.29. The van der Waals surface area contributed by atoms with E-state index in [4.69, 9.17) is 5.73 Å². The van der Waals surface area contributed by atoms with Crippen LogP contribution in [0.2, 0.25) is 0 Å². The topological polar surface area (TPSA) is 110 Å². The van der Waals surface area contributed by atoms with Crippen LogP contribution in [0.5, 0.6) is 0 Å². The molecule has 0 aliphatic rings. The van der Waals surface area contributed by atoms with Gasteiger partial charge in [-0.3, -0.25) is 9.48 Å². The van der Waals surface area contributed by atoms with Gasteiger partial charge in [0.2, 0.25) is 0 Å². The molecule has 0 fully saturated rings. The summed E-state index contributed by atoms with van der Waals surface area (Å²) in [6.45, 7) is 5.21. The first kappa shape index (κ1) is 15.0. The van der Waals surface area contributed by atoms with Crippen LogP contribution >= 0.6 is 0 Å². The predicted molar refractivity (Wildman–Crippen MR) is 71.0 cm³/mol. The molecule has 0 bridgehead atoms. The summed E-state index contributed by atoms with van der Waals surface area (Å²) >= 11 is 0. The number of nitrogens with one attached hydrogen (secondary N) is 1. The number of nitrogens with two attached hydrogens (primary N) is 1. The molecule has 0 saturated heterocycles. The van der Waals surface area contributed by atoms with Crippen molar-refractivity contribution in [2.75, 3.05) is 5.32 Å². The van der Waals surface area contributed by atoms with E-state index in [-0.39, 0.29) is 5.56 Å². The molecule has 1 rings (SSSR count). The molecule has 7 nitrogen and oxygen atoms in total. The second-order valence-corrected chi connectivity index (χ2v) is 4.52. The fraction of sp³-hybridized carbons (Fsp3) is 0.583. The second kappa shape index (κ2) is 5.29. The Balaban J connectivity index is 3.32. The van der Waals surface area contributed by atoms with Gasteiger partial charge in [0, 0.05) is 7.05 Å². The second-order valence-electron chi connectivity index (χ2n) is 4.52. The van der Waals surface area contributed by atoms with E-state index in [0.29, 0.717) is 24.4 Å². The molecule has 0 aromatic carbocycles. The molecule has 0 radical (unpaired) electrons. The van der Waals surface area contributed by atoms with Crippen molar-refractivity contribution < 1.29 is 14.7 Å². The SMILES string of the molecule is CCC(CC)(Nc1c(C(N)=O)c(C)nn1C)C(=O)O. The van der Waals surface area contributed by atoms with Gasteiger partial charge in [0.1, 0.15) is 16.9 Å². The van der Waals surface area contributed by atoms with Crippen molar-refractivity contribution in [1.29, 1.82) is 0 Å². The van der Waals surface area contributed by atoms with Crippen LogP contribution in [0.15, 0.2) is 0 Å².